The summed E-state index contributed by atoms with van der Waals surface area (Å²) < 4.78 is 13.4. The van der Waals surface area contributed by atoms with E-state index in [1.165, 1.54) is 18.2 Å². The van der Waals surface area contributed by atoms with E-state index in [2.05, 4.69) is 0 Å². The highest BCUT2D eigenvalue weighted by atomic mass is 19.1. The number of rotatable bonds is 2. The smallest absolute Gasteiger partial charge is 0.315 e. The van der Waals surface area contributed by atoms with Crippen LogP contribution in [-0.4, -0.2) is 11.5 Å². The lowest BCUT2D eigenvalue weighted by atomic mass is 10.1. The fraction of sp³-hybridized carbons (Fsp3) is 0.143. The molecule has 2 aromatic carbocycles. The number of fused-ring (bicyclic) bond motifs is 1. The molecule has 3 rings (SSSR count). The van der Waals surface area contributed by atoms with Crippen LogP contribution in [0.2, 0.25) is 0 Å². The monoisotopic (exact) mass is 273 g/mol. The Balaban J connectivity index is 2.16. The van der Waals surface area contributed by atoms with Crippen molar-refractivity contribution in [2.75, 3.05) is 17.2 Å². The van der Waals surface area contributed by atoms with Crippen LogP contribution in [0.15, 0.2) is 36.4 Å². The first-order valence-corrected chi connectivity index (χ1v) is 6.17. The molecule has 0 aliphatic carbocycles. The molecule has 1 heterocycles. The van der Waals surface area contributed by atoms with Crippen LogP contribution < -0.4 is 10.6 Å². The molecule has 0 spiro atoms. The van der Waals surface area contributed by atoms with Gasteiger partial charge in [-0.2, -0.15) is 0 Å². The lowest BCUT2D eigenvalue weighted by molar-refractivity contribution is -0.383. The minimum Gasteiger partial charge on any atom is -0.393 e. The number of hydrogen-bond donors (Lipinski definition) is 1. The molecule has 0 saturated heterocycles. The van der Waals surface area contributed by atoms with E-state index in [0.717, 1.165) is 12.0 Å². The van der Waals surface area contributed by atoms with Gasteiger partial charge in [0.1, 0.15) is 17.2 Å². The summed E-state index contributed by atoms with van der Waals surface area (Å²) in [5, 5.41) is 11.2. The summed E-state index contributed by atoms with van der Waals surface area (Å²) in [5.41, 5.74) is 7.71. The predicted octanol–water partition coefficient (Wildman–Crippen LogP) is 3.01. The number of anilines is 3. The van der Waals surface area contributed by atoms with Crippen molar-refractivity contribution in [1.29, 1.82) is 0 Å². The van der Waals surface area contributed by atoms with E-state index >= 15 is 0 Å². The minimum absolute atomic E-state index is 0.109. The normalized spacial score (nSPS) is 13.3. The van der Waals surface area contributed by atoms with Gasteiger partial charge < -0.3 is 10.6 Å². The van der Waals surface area contributed by atoms with Crippen molar-refractivity contribution >= 4 is 22.7 Å². The largest absolute Gasteiger partial charge is 0.393 e. The maximum absolute atomic E-state index is 13.4. The van der Waals surface area contributed by atoms with E-state index < -0.39 is 4.92 Å². The summed E-state index contributed by atoms with van der Waals surface area (Å²) in [4.78, 5) is 12.4. The lowest BCUT2D eigenvalue weighted by Gasteiger charge is -2.19. The second-order valence-electron chi connectivity index (χ2n) is 4.65. The quantitative estimate of drug-likeness (QED) is 0.518. The van der Waals surface area contributed by atoms with Crippen LogP contribution in [-0.2, 0) is 6.42 Å². The Morgan fingerprint density at radius 2 is 2.05 bits per heavy atom. The van der Waals surface area contributed by atoms with Gasteiger partial charge in [-0.15, -0.1) is 0 Å². The summed E-state index contributed by atoms with van der Waals surface area (Å²) >= 11 is 0. The Morgan fingerprint density at radius 3 is 2.80 bits per heavy atom. The molecule has 2 N–H and O–H groups in total. The highest BCUT2D eigenvalue weighted by molar-refractivity contribution is 5.82. The summed E-state index contributed by atoms with van der Waals surface area (Å²) in [5.74, 6) is -0.359. The first-order chi connectivity index (χ1) is 9.58. The van der Waals surface area contributed by atoms with Crippen molar-refractivity contribution in [1.82, 2.24) is 0 Å². The average molecular weight is 273 g/mol. The number of nitrogens with two attached hydrogens (primary N) is 1. The molecule has 0 fully saturated rings. The number of hydrogen-bond acceptors (Lipinski definition) is 4. The van der Waals surface area contributed by atoms with Crippen molar-refractivity contribution in [2.24, 2.45) is 0 Å². The summed E-state index contributed by atoms with van der Waals surface area (Å²) in [7, 11) is 0. The molecule has 1 aliphatic rings. The number of benzene rings is 2. The van der Waals surface area contributed by atoms with Crippen LogP contribution in [0, 0.1) is 15.9 Å². The van der Waals surface area contributed by atoms with Gasteiger partial charge in [-0.1, -0.05) is 12.1 Å². The number of para-hydroxylation sites is 1. The van der Waals surface area contributed by atoms with Crippen LogP contribution in [0.3, 0.4) is 0 Å². The van der Waals surface area contributed by atoms with Gasteiger partial charge in [-0.05, 0) is 36.2 Å². The van der Waals surface area contributed by atoms with Gasteiger partial charge >= 0.3 is 5.69 Å². The fourth-order valence-corrected chi connectivity index (χ4v) is 2.57. The molecule has 0 radical (unpaired) electrons. The minimum atomic E-state index is -0.498. The van der Waals surface area contributed by atoms with E-state index in [-0.39, 0.29) is 17.2 Å². The van der Waals surface area contributed by atoms with E-state index in [4.69, 9.17) is 5.73 Å². The zero-order valence-corrected chi connectivity index (χ0v) is 10.5. The average Bonchev–Trinajstić information content (AvgIpc) is 2.80. The summed E-state index contributed by atoms with van der Waals surface area (Å²) in [6.07, 6.45) is 0.724. The number of nitrogen functional groups attached to an aromatic ring is 1. The molecule has 6 heteroatoms. The Morgan fingerprint density at radius 1 is 1.25 bits per heavy atom. The predicted molar refractivity (Wildman–Crippen MR) is 74.6 cm³/mol. The first-order valence-electron chi connectivity index (χ1n) is 6.17. The van der Waals surface area contributed by atoms with Gasteiger partial charge in [-0.3, -0.25) is 10.1 Å². The fourth-order valence-electron chi connectivity index (χ4n) is 2.57. The maximum atomic E-state index is 13.4. The van der Waals surface area contributed by atoms with Crippen molar-refractivity contribution in [3.05, 3.63) is 57.9 Å². The van der Waals surface area contributed by atoms with Gasteiger partial charge in [0.25, 0.3) is 0 Å². The van der Waals surface area contributed by atoms with Gasteiger partial charge in [0.05, 0.1) is 4.92 Å². The first kappa shape index (κ1) is 12.4. The van der Waals surface area contributed by atoms with E-state index in [1.807, 2.05) is 0 Å². The van der Waals surface area contributed by atoms with E-state index in [0.29, 0.717) is 17.9 Å². The van der Waals surface area contributed by atoms with Crippen molar-refractivity contribution in [3.63, 3.8) is 0 Å². The van der Waals surface area contributed by atoms with E-state index in [1.54, 1.807) is 23.1 Å². The lowest BCUT2D eigenvalue weighted by Crippen LogP contribution is -2.15. The molecule has 0 saturated carbocycles. The van der Waals surface area contributed by atoms with Crippen LogP contribution in [0.5, 0.6) is 0 Å². The van der Waals surface area contributed by atoms with Gasteiger partial charge in [0.15, 0.2) is 0 Å². The molecule has 102 valence electrons. The van der Waals surface area contributed by atoms with E-state index in [9.17, 15) is 14.5 Å². The SMILES string of the molecule is Nc1cccc(N2CCc3ccc(F)cc32)c1[N+](=O)[O-]. The molecule has 2 aromatic rings. The highest BCUT2D eigenvalue weighted by Crippen LogP contribution is 2.41. The third kappa shape index (κ3) is 1.85. The van der Waals surface area contributed by atoms with Crippen LogP contribution >= 0.6 is 0 Å². The zero-order valence-electron chi connectivity index (χ0n) is 10.5. The van der Waals surface area contributed by atoms with Gasteiger partial charge in [-0.25, -0.2) is 4.39 Å². The molecular formula is C14H12FN3O2. The zero-order chi connectivity index (χ0) is 14.3. The van der Waals surface area contributed by atoms with Crippen molar-refractivity contribution < 1.29 is 9.31 Å². The Kier molecular flexibility index (Phi) is 2.78. The molecule has 20 heavy (non-hydrogen) atoms. The molecule has 5 nitrogen and oxygen atoms in total. The molecule has 0 amide bonds. The number of nitrogens with zero attached hydrogens (tertiary/aromatic N) is 2. The number of halogens is 1. The summed E-state index contributed by atoms with van der Waals surface area (Å²) in [6, 6.07) is 9.29. The summed E-state index contributed by atoms with van der Waals surface area (Å²) in [6.45, 7) is 0.572. The Labute approximate surface area is 114 Å². The van der Waals surface area contributed by atoms with Gasteiger partial charge in [0.2, 0.25) is 0 Å². The number of nitro groups is 1. The maximum Gasteiger partial charge on any atom is 0.315 e. The van der Waals surface area contributed by atoms with Crippen LogP contribution in [0.4, 0.5) is 27.1 Å². The van der Waals surface area contributed by atoms with Crippen LogP contribution in [0.25, 0.3) is 0 Å². The molecule has 0 unspecified atom stereocenters. The Bertz CT molecular complexity index is 703. The Hall–Kier alpha value is -2.63. The highest BCUT2D eigenvalue weighted by Gasteiger charge is 2.28. The molecule has 0 bridgehead atoms. The third-order valence-corrected chi connectivity index (χ3v) is 3.46. The number of nitro benzene ring substituents is 1. The molecule has 0 aromatic heterocycles. The topological polar surface area (TPSA) is 72.4 Å². The second kappa shape index (κ2) is 4.48. The molecular weight excluding hydrogens is 261 g/mol. The van der Waals surface area contributed by atoms with Crippen molar-refractivity contribution in [2.45, 2.75) is 6.42 Å². The van der Waals surface area contributed by atoms with Crippen LogP contribution in [0.1, 0.15) is 5.56 Å². The molecule has 1 aliphatic heterocycles. The standard InChI is InChI=1S/C14H12FN3O2/c15-10-5-4-9-6-7-17(13(9)8-10)12-3-1-2-11(16)14(12)18(19)20/h1-5,8H,6-7,16H2. The van der Waals surface area contributed by atoms with Gasteiger partial charge in [0, 0.05) is 12.2 Å². The second-order valence-corrected chi connectivity index (χ2v) is 4.65. The molecule has 0 atom stereocenters. The van der Waals surface area contributed by atoms with Crippen molar-refractivity contribution in [3.8, 4) is 0 Å². The third-order valence-electron chi connectivity index (χ3n) is 3.46.